The largest absolute Gasteiger partial charge is 0.489 e. The minimum Gasteiger partial charge on any atom is -0.423 e. The van der Waals surface area contributed by atoms with Crippen LogP contribution in [0.2, 0.25) is 0 Å². The van der Waals surface area contributed by atoms with Crippen molar-refractivity contribution in [2.24, 2.45) is 0 Å². The zero-order chi connectivity index (χ0) is 61.7. The maximum absolute atomic E-state index is 10.1. The smallest absolute Gasteiger partial charge is 0.423 e. The Labute approximate surface area is 542 Å². The minimum absolute atomic E-state index is 0.555. The Balaban J connectivity index is 0.000000120. The molecule has 0 unspecified atom stereocenters. The highest BCUT2D eigenvalue weighted by Gasteiger charge is 2.24. The topological polar surface area (TPSA) is 40.5 Å². The first kappa shape index (κ1) is 56.3. The van der Waals surface area contributed by atoms with E-state index >= 15 is 0 Å². The summed E-state index contributed by atoms with van der Waals surface area (Å²) in [6, 6.07) is 121. The molecular formula is C88H58BBrO2. The average Bonchev–Trinajstić information content (AvgIpc) is 0.738. The highest BCUT2D eigenvalue weighted by atomic mass is 79.9. The molecule has 0 spiro atoms. The molecule has 18 rings (SSSR count). The third-order valence-electron chi connectivity index (χ3n) is 18.4. The molecule has 0 saturated heterocycles. The minimum atomic E-state index is -1.53. The predicted octanol–water partition coefficient (Wildman–Crippen LogP) is 23.4. The van der Waals surface area contributed by atoms with E-state index in [2.05, 4.69) is 301 Å². The molecule has 2 N–H and O–H groups in total. The van der Waals surface area contributed by atoms with Crippen LogP contribution in [0.1, 0.15) is 0 Å². The molecular weight excluding hydrogens is 1180 g/mol. The molecule has 0 aliphatic heterocycles. The lowest BCUT2D eigenvalue weighted by Crippen LogP contribution is -2.31. The predicted molar refractivity (Wildman–Crippen MR) is 399 cm³/mol. The van der Waals surface area contributed by atoms with Crippen LogP contribution in [-0.4, -0.2) is 17.2 Å². The van der Waals surface area contributed by atoms with E-state index in [1.807, 2.05) is 54.6 Å². The Bertz CT molecular complexity index is 5770. The normalized spacial score (nSPS) is 11.4. The molecule has 0 saturated carbocycles. The standard InChI is InChI=1S/C44H28.C26H19BO2.C18H11Br/c1-2-13-29(14-3-1)31-16-12-17-32(27-31)43-37-21-8-10-23-39(37)44(40-24-11-9-22-38(40)43)41-28-33-26-25-30-15-4-5-18-34(30)42(33)36-20-7-6-19-35(36)41;28-27(29)26-23-15-6-4-13-21(23)25(22-14-5-7-16-24(22)26)20-12-8-11-19(17-20)18-9-2-1-3-10-18;19-17-11-13-10-9-12-5-1-2-6-14(12)18(13)16-8-4-3-7-15(16)17/h1-28H;1-17,28-29H;1-11H. The summed E-state index contributed by atoms with van der Waals surface area (Å²) in [5, 5.41) is 44.7. The molecule has 4 heteroatoms. The molecule has 0 amide bonds. The average molecular weight is 1240 g/mol. The van der Waals surface area contributed by atoms with Crippen molar-refractivity contribution in [2.45, 2.75) is 0 Å². The van der Waals surface area contributed by atoms with Crippen LogP contribution in [0.5, 0.6) is 0 Å². The second-order valence-corrected chi connectivity index (χ2v) is 24.5. The van der Waals surface area contributed by atoms with Gasteiger partial charge in [-0.3, -0.25) is 0 Å². The molecule has 0 radical (unpaired) electrons. The van der Waals surface area contributed by atoms with E-state index in [1.54, 1.807) is 0 Å². The first-order valence-corrected chi connectivity index (χ1v) is 32.1. The zero-order valence-corrected chi connectivity index (χ0v) is 51.8. The number of hydrogen-bond donors (Lipinski definition) is 2. The van der Waals surface area contributed by atoms with Gasteiger partial charge in [-0.1, -0.05) is 331 Å². The lowest BCUT2D eigenvalue weighted by Gasteiger charge is -2.20. The van der Waals surface area contributed by atoms with Crippen molar-refractivity contribution in [3.05, 3.63) is 344 Å². The second kappa shape index (κ2) is 24.1. The molecule has 92 heavy (non-hydrogen) atoms. The van der Waals surface area contributed by atoms with Gasteiger partial charge < -0.3 is 10.0 Å². The van der Waals surface area contributed by atoms with Crippen molar-refractivity contribution in [1.82, 2.24) is 0 Å². The van der Waals surface area contributed by atoms with Crippen LogP contribution in [0.3, 0.4) is 0 Å². The van der Waals surface area contributed by atoms with Crippen molar-refractivity contribution in [3.63, 3.8) is 0 Å². The van der Waals surface area contributed by atoms with Crippen LogP contribution in [0.15, 0.2) is 344 Å². The summed E-state index contributed by atoms with van der Waals surface area (Å²) < 4.78 is 1.16. The van der Waals surface area contributed by atoms with E-state index in [9.17, 15) is 10.0 Å². The summed E-state index contributed by atoms with van der Waals surface area (Å²) in [5.74, 6) is 0. The zero-order valence-electron chi connectivity index (χ0n) is 50.2. The summed E-state index contributed by atoms with van der Waals surface area (Å²) in [6.45, 7) is 0. The van der Waals surface area contributed by atoms with E-state index in [0.717, 1.165) is 42.7 Å². The quantitative estimate of drug-likeness (QED) is 0.0990. The van der Waals surface area contributed by atoms with Crippen LogP contribution in [0.4, 0.5) is 0 Å². The van der Waals surface area contributed by atoms with Crippen LogP contribution < -0.4 is 5.46 Å². The molecule has 0 aliphatic rings. The molecule has 18 aromatic rings. The van der Waals surface area contributed by atoms with Gasteiger partial charge in [-0.25, -0.2) is 0 Å². The van der Waals surface area contributed by atoms with Crippen molar-refractivity contribution in [3.8, 4) is 55.6 Å². The van der Waals surface area contributed by atoms with E-state index < -0.39 is 7.12 Å². The number of halogens is 1. The molecule has 0 aromatic heterocycles. The summed E-state index contributed by atoms with van der Waals surface area (Å²) in [5.41, 5.74) is 12.7. The van der Waals surface area contributed by atoms with Crippen molar-refractivity contribution in [2.75, 3.05) is 0 Å². The first-order chi connectivity index (χ1) is 45.4. The van der Waals surface area contributed by atoms with Crippen LogP contribution in [0, 0.1) is 0 Å². The van der Waals surface area contributed by atoms with Gasteiger partial charge in [0.1, 0.15) is 0 Å². The molecule has 432 valence electrons. The Morgan fingerprint density at radius 1 is 0.207 bits per heavy atom. The molecule has 0 atom stereocenters. The highest BCUT2D eigenvalue weighted by Crippen LogP contribution is 2.48. The van der Waals surface area contributed by atoms with Crippen LogP contribution in [0.25, 0.3) is 163 Å². The summed E-state index contributed by atoms with van der Waals surface area (Å²) in [6.07, 6.45) is 0. The van der Waals surface area contributed by atoms with Crippen molar-refractivity contribution < 1.29 is 10.0 Å². The van der Waals surface area contributed by atoms with Gasteiger partial charge in [0.05, 0.1) is 0 Å². The number of fused-ring (bicyclic) bond motifs is 14. The van der Waals surface area contributed by atoms with E-state index in [4.69, 9.17) is 0 Å². The Morgan fingerprint density at radius 2 is 0.511 bits per heavy atom. The number of hydrogen-bond acceptors (Lipinski definition) is 2. The molecule has 0 bridgehead atoms. The number of rotatable bonds is 6. The molecule has 0 fully saturated rings. The third-order valence-corrected chi connectivity index (χ3v) is 19.0. The fourth-order valence-corrected chi connectivity index (χ4v) is 15.0. The van der Waals surface area contributed by atoms with Crippen LogP contribution in [-0.2, 0) is 0 Å². The highest BCUT2D eigenvalue weighted by molar-refractivity contribution is 9.10. The molecule has 0 heterocycles. The summed E-state index contributed by atoms with van der Waals surface area (Å²) in [7, 11) is -1.53. The molecule has 18 aromatic carbocycles. The lowest BCUT2D eigenvalue weighted by molar-refractivity contribution is 0.426. The molecule has 0 aliphatic carbocycles. The Morgan fingerprint density at radius 3 is 0.957 bits per heavy atom. The lowest BCUT2D eigenvalue weighted by atomic mass is 9.72. The summed E-state index contributed by atoms with van der Waals surface area (Å²) in [4.78, 5) is 0. The van der Waals surface area contributed by atoms with E-state index in [1.165, 1.54) is 125 Å². The van der Waals surface area contributed by atoms with E-state index in [0.29, 0.717) is 5.46 Å². The monoisotopic (exact) mass is 1240 g/mol. The third kappa shape index (κ3) is 10.0. The fraction of sp³-hybridized carbons (Fsp3) is 0. The van der Waals surface area contributed by atoms with Crippen LogP contribution >= 0.6 is 15.9 Å². The SMILES string of the molecule is Brc1cc2ccc3ccccc3c2c2ccccc12.OB(O)c1c2ccccc2c(-c2cccc(-c3ccccc3)c2)c2ccccc12.c1ccc(-c2cccc(-c3c4ccccc4c(-c4cc5ccc6ccccc6c5c5ccccc45)c4ccccc34)c2)cc1. The number of benzene rings is 18. The van der Waals surface area contributed by atoms with Crippen molar-refractivity contribution in [1.29, 1.82) is 0 Å². The Kier molecular flexibility index (Phi) is 14.7. The molecule has 2 nitrogen and oxygen atoms in total. The fourth-order valence-electron chi connectivity index (χ4n) is 14.4. The van der Waals surface area contributed by atoms with Gasteiger partial charge in [-0.15, -0.1) is 0 Å². The van der Waals surface area contributed by atoms with Crippen molar-refractivity contribution >= 4 is 136 Å². The second-order valence-electron chi connectivity index (χ2n) is 23.6. The maximum atomic E-state index is 10.1. The van der Waals surface area contributed by atoms with E-state index in [-0.39, 0.29) is 0 Å². The Hall–Kier alpha value is -11.0. The van der Waals surface area contributed by atoms with Gasteiger partial charge in [0.15, 0.2) is 0 Å². The first-order valence-electron chi connectivity index (χ1n) is 31.3. The maximum Gasteiger partial charge on any atom is 0.489 e. The van der Waals surface area contributed by atoms with Gasteiger partial charge in [-0.05, 0) is 193 Å². The van der Waals surface area contributed by atoms with Gasteiger partial charge in [0.25, 0.3) is 0 Å². The van der Waals surface area contributed by atoms with Gasteiger partial charge in [0, 0.05) is 4.47 Å². The van der Waals surface area contributed by atoms with Gasteiger partial charge in [-0.2, -0.15) is 0 Å². The van der Waals surface area contributed by atoms with Gasteiger partial charge >= 0.3 is 7.12 Å². The summed E-state index contributed by atoms with van der Waals surface area (Å²) >= 11 is 3.68. The van der Waals surface area contributed by atoms with Gasteiger partial charge in [0.2, 0.25) is 0 Å².